The van der Waals surface area contributed by atoms with E-state index in [0.29, 0.717) is 24.8 Å². The van der Waals surface area contributed by atoms with Gasteiger partial charge in [-0.25, -0.2) is 12.8 Å². The fourth-order valence-corrected chi connectivity index (χ4v) is 5.98. The molecule has 1 saturated carbocycles. The number of rotatable bonds is 7. The minimum absolute atomic E-state index is 0.0361. The Morgan fingerprint density at radius 3 is 2.36 bits per heavy atom. The highest BCUT2D eigenvalue weighted by molar-refractivity contribution is 7.89. The Morgan fingerprint density at radius 2 is 1.75 bits per heavy atom. The third-order valence-electron chi connectivity index (χ3n) is 6.35. The zero-order valence-corrected chi connectivity index (χ0v) is 20.8. The van der Waals surface area contributed by atoms with Gasteiger partial charge in [-0.3, -0.25) is 9.69 Å². The molecule has 0 bridgehead atoms. The number of primary amides is 1. The predicted molar refractivity (Wildman–Crippen MR) is 134 cm³/mol. The van der Waals surface area contributed by atoms with Crippen molar-refractivity contribution in [1.82, 2.24) is 19.4 Å². The molecule has 2 aromatic carbocycles. The molecule has 1 amide bonds. The summed E-state index contributed by atoms with van der Waals surface area (Å²) in [4.78, 5) is 14.4. The van der Waals surface area contributed by atoms with Crippen molar-refractivity contribution in [2.75, 3.05) is 31.5 Å². The number of carbonyl (C=O) groups excluding carboxylic acids is 1. The van der Waals surface area contributed by atoms with Crippen LogP contribution in [0, 0.1) is 5.82 Å². The van der Waals surface area contributed by atoms with Gasteiger partial charge in [0.25, 0.3) is 5.91 Å². The van der Waals surface area contributed by atoms with E-state index in [1.54, 1.807) is 12.1 Å². The molecule has 1 aliphatic carbocycles. The Morgan fingerprint density at radius 1 is 1.06 bits per heavy atom. The Kier molecular flexibility index (Phi) is 6.64. The van der Waals surface area contributed by atoms with Crippen LogP contribution in [0.2, 0.25) is 5.02 Å². The van der Waals surface area contributed by atoms with E-state index in [-0.39, 0.29) is 32.6 Å². The van der Waals surface area contributed by atoms with Crippen LogP contribution in [0.3, 0.4) is 0 Å². The lowest BCUT2D eigenvalue weighted by molar-refractivity contribution is 0.0995. The van der Waals surface area contributed by atoms with E-state index >= 15 is 0 Å². The highest BCUT2D eigenvalue weighted by Crippen LogP contribution is 2.32. The Bertz CT molecular complexity index is 1390. The number of nitrogens with two attached hydrogens (primary N) is 1. The van der Waals surface area contributed by atoms with Crippen LogP contribution >= 0.6 is 11.6 Å². The lowest BCUT2D eigenvalue weighted by Crippen LogP contribution is -2.49. The number of piperazine rings is 1. The zero-order valence-electron chi connectivity index (χ0n) is 19.2. The molecule has 2 heterocycles. The first-order valence-corrected chi connectivity index (χ1v) is 13.3. The molecule has 3 aromatic rings. The molecule has 5 rings (SSSR count). The van der Waals surface area contributed by atoms with Crippen molar-refractivity contribution in [3.63, 3.8) is 0 Å². The first-order chi connectivity index (χ1) is 17.2. The van der Waals surface area contributed by atoms with Gasteiger partial charge in [0.05, 0.1) is 26.9 Å². The first kappa shape index (κ1) is 24.6. The van der Waals surface area contributed by atoms with E-state index in [2.05, 4.69) is 20.4 Å². The Hall–Kier alpha value is -3.12. The van der Waals surface area contributed by atoms with Gasteiger partial charge in [-0.1, -0.05) is 17.7 Å². The number of amides is 1. The second-order valence-corrected chi connectivity index (χ2v) is 11.1. The summed E-state index contributed by atoms with van der Waals surface area (Å²) in [5.74, 6) is -1.43. The lowest BCUT2D eigenvalue weighted by atomic mass is 10.1. The van der Waals surface area contributed by atoms with Crippen LogP contribution in [0.5, 0.6) is 0 Å². The molecule has 0 atom stereocenters. The molecule has 1 aromatic heterocycles. The van der Waals surface area contributed by atoms with Gasteiger partial charge < -0.3 is 11.1 Å². The number of benzene rings is 2. The van der Waals surface area contributed by atoms with E-state index < -0.39 is 21.7 Å². The quantitative estimate of drug-likeness (QED) is 0.481. The number of carbonyl (C=O) groups is 1. The zero-order chi connectivity index (χ0) is 25.4. The highest BCUT2D eigenvalue weighted by atomic mass is 35.5. The van der Waals surface area contributed by atoms with Crippen molar-refractivity contribution in [3.05, 3.63) is 65.1 Å². The molecule has 188 valence electrons. The summed E-state index contributed by atoms with van der Waals surface area (Å²) < 4.78 is 42.1. The maximum absolute atomic E-state index is 14.4. The SMILES string of the molecule is NC(=O)c1nnc(-c2c(F)cccc2Cl)cc1Nc1ccc(S(=O)(=O)N2CCN(C3CC3)CC2)cc1. The highest BCUT2D eigenvalue weighted by Gasteiger charge is 2.34. The van der Waals surface area contributed by atoms with Crippen molar-refractivity contribution in [1.29, 1.82) is 0 Å². The second kappa shape index (κ2) is 9.74. The van der Waals surface area contributed by atoms with Crippen molar-refractivity contribution in [2.45, 2.75) is 23.8 Å². The van der Waals surface area contributed by atoms with Crippen molar-refractivity contribution in [2.24, 2.45) is 5.73 Å². The normalized spacial score (nSPS) is 17.2. The van der Waals surface area contributed by atoms with Crippen molar-refractivity contribution < 1.29 is 17.6 Å². The van der Waals surface area contributed by atoms with Gasteiger partial charge in [0.1, 0.15) is 5.82 Å². The maximum atomic E-state index is 14.4. The van der Waals surface area contributed by atoms with Gasteiger partial charge in [-0.15, -0.1) is 10.2 Å². The average molecular weight is 531 g/mol. The van der Waals surface area contributed by atoms with Gasteiger partial charge in [0, 0.05) is 37.9 Å². The van der Waals surface area contributed by atoms with Gasteiger partial charge in [-0.05, 0) is 55.3 Å². The number of nitrogens with one attached hydrogen (secondary N) is 1. The summed E-state index contributed by atoms with van der Waals surface area (Å²) >= 11 is 6.15. The number of hydrogen-bond donors (Lipinski definition) is 2. The number of hydrogen-bond acceptors (Lipinski definition) is 7. The smallest absolute Gasteiger partial charge is 0.271 e. The Balaban J connectivity index is 1.37. The summed E-state index contributed by atoms with van der Waals surface area (Å²) in [5, 5.41) is 10.9. The topological polar surface area (TPSA) is 122 Å². The van der Waals surface area contributed by atoms with Crippen LogP contribution < -0.4 is 11.1 Å². The van der Waals surface area contributed by atoms with Gasteiger partial charge in [-0.2, -0.15) is 4.31 Å². The largest absolute Gasteiger partial charge is 0.364 e. The number of halogens is 2. The molecule has 0 spiro atoms. The van der Waals surface area contributed by atoms with E-state index in [0.717, 1.165) is 13.1 Å². The van der Waals surface area contributed by atoms with E-state index in [4.69, 9.17) is 17.3 Å². The van der Waals surface area contributed by atoms with E-state index in [1.165, 1.54) is 53.5 Å². The van der Waals surface area contributed by atoms with Crippen molar-refractivity contribution >= 4 is 38.9 Å². The van der Waals surface area contributed by atoms with Crippen LogP contribution in [0.4, 0.5) is 15.8 Å². The fraction of sp³-hybridized carbons (Fsp3) is 0.292. The molecule has 36 heavy (non-hydrogen) atoms. The third kappa shape index (κ3) is 4.92. The molecule has 0 radical (unpaired) electrons. The predicted octanol–water partition coefficient (Wildman–Crippen LogP) is 3.25. The summed E-state index contributed by atoms with van der Waals surface area (Å²) in [6, 6.07) is 12.4. The molecule has 1 saturated heterocycles. The molecule has 2 aliphatic rings. The molecular weight excluding hydrogens is 507 g/mol. The van der Waals surface area contributed by atoms with Gasteiger partial charge >= 0.3 is 0 Å². The minimum Gasteiger partial charge on any atom is -0.364 e. The lowest BCUT2D eigenvalue weighted by Gasteiger charge is -2.34. The van der Waals surface area contributed by atoms with E-state index in [1.807, 2.05) is 0 Å². The molecule has 3 N–H and O–H groups in total. The number of aromatic nitrogens is 2. The summed E-state index contributed by atoms with van der Waals surface area (Å²) in [5.41, 5.74) is 6.09. The standard InChI is InChI=1S/C24H24ClFN6O3S/c25-18-2-1-3-19(26)22(18)20-14-21(23(24(27)33)30-29-20)28-15-4-8-17(9-5-15)36(34,35)32-12-10-31(11-13-32)16-6-7-16/h1-5,8-9,14,16H,6-7,10-13H2,(H2,27,33)(H,28,29). The molecular formula is C24H24ClFN6O3S. The van der Waals surface area contributed by atoms with Gasteiger partial charge in [0.2, 0.25) is 10.0 Å². The van der Waals surface area contributed by atoms with Gasteiger partial charge in [0.15, 0.2) is 5.69 Å². The number of anilines is 2. The average Bonchev–Trinajstić information content (AvgIpc) is 3.70. The van der Waals surface area contributed by atoms with Crippen LogP contribution in [-0.2, 0) is 10.0 Å². The van der Waals surface area contributed by atoms with Crippen LogP contribution in [-0.4, -0.2) is 65.9 Å². The second-order valence-electron chi connectivity index (χ2n) is 8.77. The van der Waals surface area contributed by atoms with Crippen LogP contribution in [0.1, 0.15) is 23.3 Å². The molecule has 2 fully saturated rings. The maximum Gasteiger partial charge on any atom is 0.271 e. The Labute approximate surface area is 213 Å². The minimum atomic E-state index is -3.63. The molecule has 12 heteroatoms. The molecule has 1 aliphatic heterocycles. The molecule has 0 unspecified atom stereocenters. The first-order valence-electron chi connectivity index (χ1n) is 11.5. The third-order valence-corrected chi connectivity index (χ3v) is 8.58. The van der Waals surface area contributed by atoms with Crippen LogP contribution in [0.25, 0.3) is 11.3 Å². The monoisotopic (exact) mass is 530 g/mol. The van der Waals surface area contributed by atoms with Crippen molar-refractivity contribution in [3.8, 4) is 11.3 Å². The number of nitrogens with zero attached hydrogens (tertiary/aromatic N) is 4. The summed E-state index contributed by atoms with van der Waals surface area (Å²) in [6.45, 7) is 2.40. The number of sulfonamides is 1. The van der Waals surface area contributed by atoms with E-state index in [9.17, 15) is 17.6 Å². The van der Waals surface area contributed by atoms with Crippen LogP contribution in [0.15, 0.2) is 53.4 Å². The fourth-order valence-electron chi connectivity index (χ4n) is 4.30. The summed E-state index contributed by atoms with van der Waals surface area (Å²) in [6.07, 6.45) is 2.39. The summed E-state index contributed by atoms with van der Waals surface area (Å²) in [7, 11) is -3.63. The molecule has 9 nitrogen and oxygen atoms in total.